The van der Waals surface area contributed by atoms with Crippen LogP contribution in [0.15, 0.2) is 0 Å². The molecule has 0 rings (SSSR count). The first-order valence-electron chi connectivity index (χ1n) is 20.6. The van der Waals surface area contributed by atoms with Crippen molar-refractivity contribution in [3.05, 3.63) is 22.3 Å². The monoisotopic (exact) mass is 1000 g/mol. The van der Waals surface area contributed by atoms with Gasteiger partial charge in [-0.25, -0.2) is 25.3 Å². The van der Waals surface area contributed by atoms with Gasteiger partial charge in [0.25, 0.3) is 0 Å². The zero-order valence-electron chi connectivity index (χ0n) is 40.1. The maximum Gasteiger partial charge on any atom is 0.324 e. The fraction of sp³-hybridized carbons (Fsp3) is 0.780. The molecular weight excluding hydrogens is 925 g/mol. The lowest BCUT2D eigenvalue weighted by molar-refractivity contribution is -0.154. The molecule has 0 aromatic carbocycles. The molecule has 24 heteroatoms. The van der Waals surface area contributed by atoms with Crippen molar-refractivity contribution in [1.82, 2.24) is 0 Å². The lowest BCUT2D eigenvalue weighted by Gasteiger charge is -2.20. The summed E-state index contributed by atoms with van der Waals surface area (Å²) in [5.41, 5.74) is 0. The minimum atomic E-state index is -4.97. The summed E-state index contributed by atoms with van der Waals surface area (Å²) in [5.74, 6) is -6.31. The van der Waals surface area contributed by atoms with E-state index in [2.05, 4.69) is 14.2 Å². The van der Waals surface area contributed by atoms with E-state index in [0.717, 1.165) is 51.4 Å². The first-order chi connectivity index (χ1) is 28.7. The Morgan fingerprint density at radius 3 is 0.969 bits per heavy atom. The number of unbranched alkanes of at least 4 members (excludes halogenated alkanes) is 8. The number of ether oxygens (including phenoxy) is 6. The molecule has 65 heavy (non-hydrogen) atoms. The van der Waals surface area contributed by atoms with Crippen LogP contribution in [0.5, 0.6) is 0 Å². The molecule has 0 fully saturated rings. The fourth-order valence-corrected chi connectivity index (χ4v) is 6.27. The summed E-state index contributed by atoms with van der Waals surface area (Å²) < 4.78 is 128. The highest BCUT2D eigenvalue weighted by Crippen LogP contribution is 2.13. The van der Waals surface area contributed by atoms with Gasteiger partial charge in [0.05, 0.1) is 57.9 Å². The van der Waals surface area contributed by atoms with Gasteiger partial charge in [-0.05, 0) is 53.4 Å². The second-order valence-corrected chi connectivity index (χ2v) is 18.8. The van der Waals surface area contributed by atoms with E-state index in [9.17, 15) is 67.7 Å². The van der Waals surface area contributed by atoms with Crippen LogP contribution in [0.2, 0.25) is 0 Å². The van der Waals surface area contributed by atoms with Crippen molar-refractivity contribution in [3.63, 3.8) is 0 Å². The molecule has 3 unspecified atom stereocenters. The molecule has 0 amide bonds. The third kappa shape index (κ3) is 41.3. The Labute approximate surface area is 389 Å². The molecule has 3 atom stereocenters. The van der Waals surface area contributed by atoms with Crippen molar-refractivity contribution in [2.75, 3.05) is 26.4 Å². The van der Waals surface area contributed by atoms with Gasteiger partial charge < -0.3 is 42.1 Å². The summed E-state index contributed by atoms with van der Waals surface area (Å²) in [6.45, 7) is 14.3. The topological polar surface area (TPSA) is 329 Å². The molecule has 0 radical (unpaired) electrons. The van der Waals surface area contributed by atoms with Crippen molar-refractivity contribution >= 4 is 66.2 Å². The van der Waals surface area contributed by atoms with Crippen LogP contribution in [-0.4, -0.2) is 129 Å². The van der Waals surface area contributed by atoms with E-state index in [-0.39, 0.29) is 48.7 Å². The molecule has 0 N–H and O–H groups in total. The zero-order chi connectivity index (χ0) is 48.5. The number of carbonyl (C=O) groups excluding carboxylic acids is 6. The minimum absolute atomic E-state index is 0. The van der Waals surface area contributed by atoms with Crippen molar-refractivity contribution in [2.45, 2.75) is 180 Å². The first kappa shape index (κ1) is 72.8. The van der Waals surface area contributed by atoms with Gasteiger partial charge >= 0.3 is 35.8 Å². The lowest BCUT2D eigenvalue weighted by atomic mass is 10.2. The Hall–Kier alpha value is -3.84. The maximum absolute atomic E-state index is 11.8. The fourth-order valence-electron chi connectivity index (χ4n) is 4.35. The molecule has 21 nitrogen and oxygen atoms in total. The molecule has 0 aliphatic carbocycles. The number of hydrogen-bond donors (Lipinski definition) is 0. The van der Waals surface area contributed by atoms with Gasteiger partial charge in [0.15, 0.2) is 15.7 Å². The average molecular weight is 1000 g/mol. The Bertz CT molecular complexity index is 1640. The zero-order valence-corrected chi connectivity index (χ0v) is 42.6. The van der Waals surface area contributed by atoms with Gasteiger partial charge in [0.1, 0.15) is 30.4 Å². The lowest BCUT2D eigenvalue weighted by Crippen LogP contribution is -2.36. The minimum Gasteiger partial charge on any atom is -0.747 e. The number of esters is 6. The van der Waals surface area contributed by atoms with Crippen LogP contribution in [0.3, 0.4) is 0 Å². The largest absolute Gasteiger partial charge is 0.747 e. The summed E-state index contributed by atoms with van der Waals surface area (Å²) >= 11 is 0. The Kier molecular flexibility index (Phi) is 45.3. The number of carbonyl (C=O) groups is 6. The van der Waals surface area contributed by atoms with E-state index in [1.807, 2.05) is 27.7 Å². The highest BCUT2D eigenvalue weighted by molar-refractivity contribution is 7.87. The summed E-state index contributed by atoms with van der Waals surface area (Å²) in [4.78, 5) is 69.0. The summed E-state index contributed by atoms with van der Waals surface area (Å²) in [6.07, 6.45) is 6.28. The maximum atomic E-state index is 11.8. The highest BCUT2D eigenvalue weighted by Gasteiger charge is 2.33. The van der Waals surface area contributed by atoms with Crippen LogP contribution < -0.4 is 0 Å². The van der Waals surface area contributed by atoms with Gasteiger partial charge in [0, 0.05) is 22.3 Å². The standard InChI is InChI=1S/C16H30O7S.C12H22O7S.C10H18O7S.3CH3/c1-3-5-7-9-11-22-15(17)13-14(24(19,20)21)16(18)23-12-10-8-6-4-2;1-3-5-7-18-11(13)9-10(20(15,16)17)12(14)19-8-6-4-2;1-6(2)16-9(11)5-8(18(13,14)15)10(12)17-7(3)4;;;/h14H,3-13H2,1-2H3,(H,19,20,21);10H,3-9H2,1-2H3,(H,15,16,17);6-8H,5H2,1-4H3,(H,13,14,15);3*1H3/q;;;3*+1/p-3. The van der Waals surface area contributed by atoms with Crippen LogP contribution in [0.1, 0.15) is 152 Å². The van der Waals surface area contributed by atoms with E-state index >= 15 is 0 Å². The quantitative estimate of drug-likeness (QED) is 0.0298. The Balaban J connectivity index is -0.000000198. The van der Waals surface area contributed by atoms with Crippen LogP contribution in [0.4, 0.5) is 0 Å². The average Bonchev–Trinajstić information content (AvgIpc) is 3.13. The SMILES string of the molecule is CC(C)OC(=O)CC(C(=O)OC(C)C)S(=O)(=O)[O-].CCCCCCOC(=O)CC(C(=O)OCCCCCC)S(=O)(=O)[O-].CCCCOC(=O)CC(C(=O)OCCCC)S(=O)(=O)[O-].[CH3+].[CH3+].[CH3+]. The van der Waals surface area contributed by atoms with Gasteiger partial charge in [-0.1, -0.05) is 79.1 Å². The van der Waals surface area contributed by atoms with E-state index < -0.39 is 113 Å². The van der Waals surface area contributed by atoms with Gasteiger partial charge in [-0.15, -0.1) is 0 Å². The van der Waals surface area contributed by atoms with Crippen molar-refractivity contribution in [2.24, 2.45) is 0 Å². The second-order valence-electron chi connectivity index (χ2n) is 14.2. The molecule has 0 bridgehead atoms. The van der Waals surface area contributed by atoms with Crippen molar-refractivity contribution in [3.8, 4) is 0 Å². The summed E-state index contributed by atoms with van der Waals surface area (Å²) in [7, 11) is -14.9. The number of hydrogen-bond acceptors (Lipinski definition) is 21. The normalized spacial score (nSPS) is 12.3. The molecule has 0 aromatic rings. The van der Waals surface area contributed by atoms with Crippen molar-refractivity contribution < 1.29 is 96.1 Å². The molecule has 0 aliphatic heterocycles. The molecule has 0 saturated heterocycles. The van der Waals surface area contributed by atoms with Crippen LogP contribution in [0, 0.1) is 22.3 Å². The molecular formula is C41H76O21S3. The van der Waals surface area contributed by atoms with Gasteiger partial charge in [0.2, 0.25) is 0 Å². The van der Waals surface area contributed by atoms with Crippen LogP contribution >= 0.6 is 0 Å². The van der Waals surface area contributed by atoms with E-state index in [1.165, 1.54) is 13.8 Å². The van der Waals surface area contributed by atoms with Crippen molar-refractivity contribution in [1.29, 1.82) is 0 Å². The van der Waals surface area contributed by atoms with Gasteiger partial charge in [-0.3, -0.25) is 28.8 Å². The molecule has 0 aliphatic rings. The second kappa shape index (κ2) is 40.4. The molecule has 384 valence electrons. The highest BCUT2D eigenvalue weighted by atomic mass is 32.2. The smallest absolute Gasteiger partial charge is 0.324 e. The summed E-state index contributed by atoms with van der Waals surface area (Å²) in [6, 6.07) is 0. The predicted octanol–water partition coefficient (Wildman–Crippen LogP) is 5.06. The predicted molar refractivity (Wildman–Crippen MR) is 238 cm³/mol. The number of rotatable bonds is 30. The molecule has 0 heterocycles. The molecule has 0 spiro atoms. The third-order valence-corrected chi connectivity index (χ3v) is 10.8. The van der Waals surface area contributed by atoms with Crippen LogP contribution in [-0.2, 0) is 87.5 Å². The van der Waals surface area contributed by atoms with E-state index in [1.54, 1.807) is 13.8 Å². The molecule has 0 aromatic heterocycles. The van der Waals surface area contributed by atoms with Gasteiger partial charge in [-0.2, -0.15) is 0 Å². The third-order valence-electron chi connectivity index (χ3n) is 7.62. The van der Waals surface area contributed by atoms with E-state index in [0.29, 0.717) is 25.7 Å². The summed E-state index contributed by atoms with van der Waals surface area (Å²) in [5, 5.41) is -6.13. The molecule has 0 saturated carbocycles. The van der Waals surface area contributed by atoms with E-state index in [4.69, 9.17) is 14.2 Å². The first-order valence-corrected chi connectivity index (χ1v) is 25.0. The van der Waals surface area contributed by atoms with Crippen LogP contribution in [0.25, 0.3) is 0 Å². The Morgan fingerprint density at radius 1 is 0.385 bits per heavy atom. The Morgan fingerprint density at radius 2 is 0.662 bits per heavy atom.